The molecule has 48 heavy (non-hydrogen) atoms. The Morgan fingerprint density at radius 2 is 1.69 bits per heavy atom. The molecule has 0 saturated carbocycles. The first-order valence-corrected chi connectivity index (χ1v) is 15.6. The highest BCUT2D eigenvalue weighted by Gasteiger charge is 2.17. The Morgan fingerprint density at radius 3 is 2.42 bits per heavy atom. The number of nitriles is 1. The standard InChI is InChI=1S/C37H29FN4O4.C2H6/c1-45-17-16-42-34-20-28(37(43)44)14-15-33(34)40-35(42)21-26-12-13-27(19-30(26)25-6-3-2-4-7-25)32-8-5-9-36(41-32)46-23-29-11-10-24(22-39)18-31(29)38;1-2/h2-15,18-20H,16-17,21,23H2,1H3,(H,43,44);1-2H3. The van der Waals surface area contributed by atoms with E-state index in [-0.39, 0.29) is 17.7 Å². The summed E-state index contributed by atoms with van der Waals surface area (Å²) in [7, 11) is 1.63. The van der Waals surface area contributed by atoms with Crippen molar-refractivity contribution in [2.24, 2.45) is 0 Å². The van der Waals surface area contributed by atoms with Gasteiger partial charge in [0.15, 0.2) is 0 Å². The predicted molar refractivity (Wildman–Crippen MR) is 183 cm³/mol. The highest BCUT2D eigenvalue weighted by molar-refractivity contribution is 5.92. The lowest BCUT2D eigenvalue weighted by molar-refractivity contribution is 0.0697. The molecule has 1 N–H and O–H groups in total. The van der Waals surface area contributed by atoms with Gasteiger partial charge in [-0.1, -0.05) is 68.4 Å². The molecule has 2 aromatic heterocycles. The summed E-state index contributed by atoms with van der Waals surface area (Å²) in [5, 5.41) is 18.6. The maximum absolute atomic E-state index is 14.4. The zero-order chi connectivity index (χ0) is 34.0. The molecule has 0 aliphatic carbocycles. The Morgan fingerprint density at radius 1 is 0.896 bits per heavy atom. The molecule has 6 aromatic rings. The number of carboxylic acids is 1. The van der Waals surface area contributed by atoms with Crippen LogP contribution in [0.2, 0.25) is 0 Å². The Labute approximate surface area is 278 Å². The highest BCUT2D eigenvalue weighted by Crippen LogP contribution is 2.32. The van der Waals surface area contributed by atoms with E-state index in [1.54, 1.807) is 37.4 Å². The number of carboxylic acid groups (broad SMARTS) is 1. The van der Waals surface area contributed by atoms with Crippen LogP contribution in [0.5, 0.6) is 5.88 Å². The van der Waals surface area contributed by atoms with Crippen LogP contribution in [0, 0.1) is 17.1 Å². The molecule has 0 saturated heterocycles. The normalized spacial score (nSPS) is 10.6. The van der Waals surface area contributed by atoms with Gasteiger partial charge >= 0.3 is 5.97 Å². The van der Waals surface area contributed by atoms with Gasteiger partial charge in [0, 0.05) is 37.3 Å². The maximum atomic E-state index is 14.4. The van der Waals surface area contributed by atoms with Crippen LogP contribution >= 0.6 is 0 Å². The van der Waals surface area contributed by atoms with Crippen molar-refractivity contribution < 1.29 is 23.8 Å². The van der Waals surface area contributed by atoms with Crippen LogP contribution in [0.3, 0.4) is 0 Å². The lowest BCUT2D eigenvalue weighted by atomic mass is 9.94. The number of rotatable bonds is 11. The first-order chi connectivity index (χ1) is 23.4. The van der Waals surface area contributed by atoms with Crippen molar-refractivity contribution in [3.63, 3.8) is 0 Å². The van der Waals surface area contributed by atoms with Crippen molar-refractivity contribution >= 4 is 17.0 Å². The quantitative estimate of drug-likeness (QED) is 0.151. The van der Waals surface area contributed by atoms with Crippen LogP contribution in [0.1, 0.15) is 46.7 Å². The summed E-state index contributed by atoms with van der Waals surface area (Å²) < 4.78 is 27.6. The lowest BCUT2D eigenvalue weighted by Crippen LogP contribution is -2.09. The van der Waals surface area contributed by atoms with Gasteiger partial charge < -0.3 is 19.1 Å². The molecule has 0 unspecified atom stereocenters. The summed E-state index contributed by atoms with van der Waals surface area (Å²) in [5.41, 5.74) is 6.86. The van der Waals surface area contributed by atoms with E-state index in [9.17, 15) is 14.3 Å². The topological polar surface area (TPSA) is 110 Å². The molecule has 0 spiro atoms. The van der Waals surface area contributed by atoms with Crippen molar-refractivity contribution in [2.45, 2.75) is 33.4 Å². The number of methoxy groups -OCH3 is 1. The van der Waals surface area contributed by atoms with Gasteiger partial charge in [0.1, 0.15) is 18.2 Å². The van der Waals surface area contributed by atoms with E-state index < -0.39 is 11.8 Å². The summed E-state index contributed by atoms with van der Waals surface area (Å²) in [4.78, 5) is 21.3. The zero-order valence-electron chi connectivity index (χ0n) is 27.0. The van der Waals surface area contributed by atoms with Crippen LogP contribution in [-0.4, -0.2) is 39.3 Å². The van der Waals surface area contributed by atoms with Gasteiger partial charge in [-0.2, -0.15) is 5.26 Å². The molecule has 0 bridgehead atoms. The van der Waals surface area contributed by atoms with Gasteiger partial charge in [0.25, 0.3) is 0 Å². The highest BCUT2D eigenvalue weighted by atomic mass is 19.1. The van der Waals surface area contributed by atoms with E-state index in [0.717, 1.165) is 39.1 Å². The van der Waals surface area contributed by atoms with Gasteiger partial charge in [0.05, 0.1) is 40.5 Å². The molecular weight excluding hydrogens is 607 g/mol. The number of aromatic nitrogens is 3. The molecule has 0 amide bonds. The molecule has 8 nitrogen and oxygen atoms in total. The minimum Gasteiger partial charge on any atom is -0.478 e. The van der Waals surface area contributed by atoms with E-state index >= 15 is 0 Å². The lowest BCUT2D eigenvalue weighted by Gasteiger charge is -2.14. The number of benzene rings is 4. The van der Waals surface area contributed by atoms with E-state index in [0.29, 0.717) is 36.7 Å². The molecule has 242 valence electrons. The van der Waals surface area contributed by atoms with Crippen molar-refractivity contribution in [3.05, 3.63) is 137 Å². The molecule has 0 fully saturated rings. The van der Waals surface area contributed by atoms with E-state index in [2.05, 4.69) is 24.3 Å². The monoisotopic (exact) mass is 642 g/mol. The first-order valence-electron chi connectivity index (χ1n) is 15.6. The summed E-state index contributed by atoms with van der Waals surface area (Å²) in [6.07, 6.45) is 0.498. The Bertz CT molecular complexity index is 2090. The largest absolute Gasteiger partial charge is 0.478 e. The number of pyridine rings is 1. The number of fused-ring (bicyclic) bond motifs is 1. The number of carbonyl (C=O) groups is 1. The Hall–Kier alpha value is -5.85. The summed E-state index contributed by atoms with van der Waals surface area (Å²) in [5.74, 6) is -0.354. The minimum absolute atomic E-state index is 0.0276. The van der Waals surface area contributed by atoms with Crippen LogP contribution in [0.4, 0.5) is 4.39 Å². The van der Waals surface area contributed by atoms with Crippen LogP contribution < -0.4 is 4.74 Å². The molecule has 9 heteroatoms. The molecule has 0 atom stereocenters. The number of nitrogens with zero attached hydrogens (tertiary/aromatic N) is 4. The number of aromatic carboxylic acids is 1. The van der Waals surface area contributed by atoms with Crippen molar-refractivity contribution in [2.75, 3.05) is 13.7 Å². The molecule has 2 heterocycles. The van der Waals surface area contributed by atoms with Crippen molar-refractivity contribution in [1.29, 1.82) is 5.26 Å². The third-order valence-electron chi connectivity index (χ3n) is 7.71. The zero-order valence-corrected chi connectivity index (χ0v) is 27.0. The van der Waals surface area contributed by atoms with Crippen LogP contribution in [-0.2, 0) is 24.3 Å². The molecule has 0 radical (unpaired) electrons. The smallest absolute Gasteiger partial charge is 0.335 e. The average Bonchev–Trinajstić information content (AvgIpc) is 3.47. The fourth-order valence-corrected chi connectivity index (χ4v) is 5.36. The second-order valence-electron chi connectivity index (χ2n) is 10.7. The number of halogens is 1. The van der Waals surface area contributed by atoms with Gasteiger partial charge in [0.2, 0.25) is 5.88 Å². The molecule has 6 rings (SSSR count). The number of imidazole rings is 1. The molecule has 0 aliphatic heterocycles. The Kier molecular flexibility index (Phi) is 10.9. The van der Waals surface area contributed by atoms with Crippen molar-refractivity contribution in [1.82, 2.24) is 14.5 Å². The van der Waals surface area contributed by atoms with Crippen LogP contribution in [0.25, 0.3) is 33.4 Å². The summed E-state index contributed by atoms with van der Waals surface area (Å²) in [6, 6.07) is 32.8. The summed E-state index contributed by atoms with van der Waals surface area (Å²) >= 11 is 0. The molecular formula is C39H35FN4O4. The van der Waals surface area contributed by atoms with Gasteiger partial charge in [-0.15, -0.1) is 0 Å². The maximum Gasteiger partial charge on any atom is 0.335 e. The second kappa shape index (κ2) is 15.6. The van der Waals surface area contributed by atoms with Gasteiger partial charge in [-0.05, 0) is 59.2 Å². The fraction of sp³-hybridized carbons (Fsp3) is 0.179. The SMILES string of the molecule is CC.COCCn1c(Cc2ccc(-c3cccc(OCc4ccc(C#N)cc4F)n3)cc2-c2ccccc2)nc2ccc(C(=O)O)cc21. The first kappa shape index (κ1) is 33.5. The fourth-order valence-electron chi connectivity index (χ4n) is 5.36. The predicted octanol–water partition coefficient (Wildman–Crippen LogP) is 8.32. The van der Waals surface area contributed by atoms with Gasteiger partial charge in [-0.25, -0.2) is 19.2 Å². The average molecular weight is 643 g/mol. The molecule has 0 aliphatic rings. The third kappa shape index (κ3) is 7.57. The number of hydrogen-bond donors (Lipinski definition) is 1. The van der Waals surface area contributed by atoms with E-state index in [1.165, 1.54) is 12.1 Å². The van der Waals surface area contributed by atoms with Gasteiger partial charge in [-0.3, -0.25) is 0 Å². The molecule has 4 aromatic carbocycles. The van der Waals surface area contributed by atoms with Crippen LogP contribution in [0.15, 0.2) is 103 Å². The number of ether oxygens (including phenoxy) is 2. The van der Waals surface area contributed by atoms with E-state index in [4.69, 9.17) is 24.7 Å². The summed E-state index contributed by atoms with van der Waals surface area (Å²) in [6.45, 7) is 4.94. The third-order valence-corrected chi connectivity index (χ3v) is 7.71. The van der Waals surface area contributed by atoms with E-state index in [1.807, 2.05) is 60.9 Å². The van der Waals surface area contributed by atoms with Crippen molar-refractivity contribution in [3.8, 4) is 34.3 Å². The second-order valence-corrected chi connectivity index (χ2v) is 10.7. The Balaban J connectivity index is 0.00000221. The number of hydrogen-bond acceptors (Lipinski definition) is 6. The minimum atomic E-state index is -0.991.